The van der Waals surface area contributed by atoms with Crippen LogP contribution in [0.4, 0.5) is 0 Å². The van der Waals surface area contributed by atoms with Crippen LogP contribution in [-0.4, -0.2) is 4.98 Å². The maximum absolute atomic E-state index is 6.12. The highest BCUT2D eigenvalue weighted by atomic mass is 16.5. The highest BCUT2D eigenvalue weighted by molar-refractivity contribution is 5.97. The molecule has 0 saturated heterocycles. The standard InChI is InChI=1S/C27H21NO2/c1-3-9-20(10-4-1)18-29-24-15-7-13-22-17-23-14-8-16-25(27(23)28-26(22)24)30-19-21-11-5-2-6-12-21/h1-17H,18-19H2. The van der Waals surface area contributed by atoms with Gasteiger partial charge in [-0.05, 0) is 29.3 Å². The van der Waals surface area contributed by atoms with Crippen LogP contribution in [0.1, 0.15) is 11.1 Å². The molecule has 30 heavy (non-hydrogen) atoms. The molecule has 0 radical (unpaired) electrons. The number of hydrogen-bond donors (Lipinski definition) is 0. The fraction of sp³-hybridized carbons (Fsp3) is 0.0741. The number of rotatable bonds is 6. The predicted octanol–water partition coefficient (Wildman–Crippen LogP) is 6.55. The van der Waals surface area contributed by atoms with Crippen molar-refractivity contribution in [3.8, 4) is 11.5 Å². The Bertz CT molecular complexity index is 1190. The van der Waals surface area contributed by atoms with Crippen molar-refractivity contribution in [1.82, 2.24) is 4.98 Å². The molecule has 0 N–H and O–H groups in total. The van der Waals surface area contributed by atoms with E-state index in [1.807, 2.05) is 60.7 Å². The summed E-state index contributed by atoms with van der Waals surface area (Å²) in [6.07, 6.45) is 0. The minimum Gasteiger partial charge on any atom is -0.487 e. The number of para-hydroxylation sites is 2. The van der Waals surface area contributed by atoms with Crippen LogP contribution in [0.2, 0.25) is 0 Å². The second-order valence-electron chi connectivity index (χ2n) is 7.19. The van der Waals surface area contributed by atoms with E-state index in [9.17, 15) is 0 Å². The zero-order chi connectivity index (χ0) is 20.2. The number of hydrogen-bond acceptors (Lipinski definition) is 3. The Hall–Kier alpha value is -3.85. The van der Waals surface area contributed by atoms with Crippen molar-refractivity contribution < 1.29 is 9.47 Å². The van der Waals surface area contributed by atoms with E-state index in [2.05, 4.69) is 42.5 Å². The summed E-state index contributed by atoms with van der Waals surface area (Å²) >= 11 is 0. The molecule has 1 heterocycles. The number of aromatic nitrogens is 1. The number of ether oxygens (including phenoxy) is 2. The van der Waals surface area contributed by atoms with Crippen LogP contribution in [0.15, 0.2) is 103 Å². The summed E-state index contributed by atoms with van der Waals surface area (Å²) in [5.74, 6) is 1.55. The van der Waals surface area contributed by atoms with E-state index in [0.717, 1.165) is 44.4 Å². The van der Waals surface area contributed by atoms with Crippen LogP contribution in [0.25, 0.3) is 21.8 Å². The maximum Gasteiger partial charge on any atom is 0.146 e. The van der Waals surface area contributed by atoms with Gasteiger partial charge in [-0.25, -0.2) is 4.98 Å². The molecular formula is C27H21NO2. The van der Waals surface area contributed by atoms with Crippen LogP contribution < -0.4 is 9.47 Å². The van der Waals surface area contributed by atoms with Gasteiger partial charge in [-0.3, -0.25) is 0 Å². The van der Waals surface area contributed by atoms with E-state index < -0.39 is 0 Å². The maximum atomic E-state index is 6.12. The third kappa shape index (κ3) is 3.83. The molecule has 0 atom stereocenters. The fourth-order valence-corrected chi connectivity index (χ4v) is 3.53. The third-order valence-corrected chi connectivity index (χ3v) is 5.07. The van der Waals surface area contributed by atoms with E-state index in [1.54, 1.807) is 0 Å². The van der Waals surface area contributed by atoms with Crippen molar-refractivity contribution in [2.24, 2.45) is 0 Å². The molecular weight excluding hydrogens is 370 g/mol. The fourth-order valence-electron chi connectivity index (χ4n) is 3.53. The van der Waals surface area contributed by atoms with Crippen molar-refractivity contribution in [1.29, 1.82) is 0 Å². The molecule has 0 spiro atoms. The molecule has 5 rings (SSSR count). The van der Waals surface area contributed by atoms with Crippen LogP contribution in [0.3, 0.4) is 0 Å². The zero-order valence-electron chi connectivity index (χ0n) is 16.5. The summed E-state index contributed by atoms with van der Waals surface area (Å²) in [6.45, 7) is 1.01. The summed E-state index contributed by atoms with van der Waals surface area (Å²) in [5, 5.41) is 2.10. The summed E-state index contributed by atoms with van der Waals surface area (Å²) in [4.78, 5) is 4.95. The van der Waals surface area contributed by atoms with Gasteiger partial charge in [0, 0.05) is 10.8 Å². The van der Waals surface area contributed by atoms with Gasteiger partial charge in [0.1, 0.15) is 35.7 Å². The normalized spacial score (nSPS) is 10.9. The first-order valence-corrected chi connectivity index (χ1v) is 10.0. The van der Waals surface area contributed by atoms with E-state index in [4.69, 9.17) is 14.5 Å². The Balaban J connectivity index is 1.49. The molecule has 0 aliphatic carbocycles. The highest BCUT2D eigenvalue weighted by Crippen LogP contribution is 2.32. The first kappa shape index (κ1) is 18.2. The Morgan fingerprint density at radius 2 is 0.967 bits per heavy atom. The average Bonchev–Trinajstić information content (AvgIpc) is 2.81. The molecule has 0 bridgehead atoms. The highest BCUT2D eigenvalue weighted by Gasteiger charge is 2.10. The minimum absolute atomic E-state index is 0.506. The molecule has 4 aromatic carbocycles. The van der Waals surface area contributed by atoms with Crippen molar-refractivity contribution in [2.45, 2.75) is 13.2 Å². The SMILES string of the molecule is c1ccc(COc2cccc3cc4cccc(OCc5ccccc5)c4nc23)cc1. The molecule has 1 aromatic heterocycles. The number of benzene rings is 4. The largest absolute Gasteiger partial charge is 0.487 e. The van der Waals surface area contributed by atoms with Gasteiger partial charge in [0.2, 0.25) is 0 Å². The Morgan fingerprint density at radius 3 is 1.43 bits per heavy atom. The minimum atomic E-state index is 0.506. The van der Waals surface area contributed by atoms with Crippen LogP contribution in [0.5, 0.6) is 11.5 Å². The summed E-state index contributed by atoms with van der Waals surface area (Å²) in [5.41, 5.74) is 3.94. The molecule has 0 saturated carbocycles. The number of pyridine rings is 1. The lowest BCUT2D eigenvalue weighted by atomic mass is 10.1. The van der Waals surface area contributed by atoms with Crippen molar-refractivity contribution in [2.75, 3.05) is 0 Å². The van der Waals surface area contributed by atoms with Crippen molar-refractivity contribution in [3.05, 3.63) is 114 Å². The molecule has 0 fully saturated rings. The zero-order valence-corrected chi connectivity index (χ0v) is 16.5. The predicted molar refractivity (Wildman–Crippen MR) is 121 cm³/mol. The van der Waals surface area contributed by atoms with Crippen LogP contribution in [0, 0.1) is 0 Å². The van der Waals surface area contributed by atoms with Gasteiger partial charge in [0.25, 0.3) is 0 Å². The van der Waals surface area contributed by atoms with E-state index in [1.165, 1.54) is 0 Å². The van der Waals surface area contributed by atoms with Gasteiger partial charge in [-0.1, -0.05) is 84.9 Å². The van der Waals surface area contributed by atoms with Gasteiger partial charge in [0.15, 0.2) is 0 Å². The quantitative estimate of drug-likeness (QED) is 0.308. The Morgan fingerprint density at radius 1 is 0.500 bits per heavy atom. The lowest BCUT2D eigenvalue weighted by Gasteiger charge is -2.12. The lowest BCUT2D eigenvalue weighted by Crippen LogP contribution is -1.98. The van der Waals surface area contributed by atoms with E-state index >= 15 is 0 Å². The summed E-state index contributed by atoms with van der Waals surface area (Å²) in [6, 6.07) is 34.5. The van der Waals surface area contributed by atoms with Crippen molar-refractivity contribution in [3.63, 3.8) is 0 Å². The Labute approximate surface area is 175 Å². The van der Waals surface area contributed by atoms with Crippen molar-refractivity contribution >= 4 is 21.8 Å². The topological polar surface area (TPSA) is 31.4 Å². The molecule has 3 nitrogen and oxygen atoms in total. The number of nitrogens with zero attached hydrogens (tertiary/aromatic N) is 1. The monoisotopic (exact) mass is 391 g/mol. The summed E-state index contributed by atoms with van der Waals surface area (Å²) < 4.78 is 12.2. The molecule has 0 aliphatic heterocycles. The Kier molecular flexibility index (Phi) is 5.01. The summed E-state index contributed by atoms with van der Waals surface area (Å²) in [7, 11) is 0. The number of fused-ring (bicyclic) bond motifs is 2. The molecule has 0 unspecified atom stereocenters. The molecule has 5 aromatic rings. The lowest BCUT2D eigenvalue weighted by molar-refractivity contribution is 0.308. The third-order valence-electron chi connectivity index (χ3n) is 5.07. The molecule has 0 amide bonds. The molecule has 0 aliphatic rings. The van der Waals surface area contributed by atoms with E-state index in [-0.39, 0.29) is 0 Å². The van der Waals surface area contributed by atoms with Gasteiger partial charge in [-0.2, -0.15) is 0 Å². The molecule has 3 heteroatoms. The van der Waals surface area contributed by atoms with Crippen LogP contribution >= 0.6 is 0 Å². The smallest absolute Gasteiger partial charge is 0.146 e. The van der Waals surface area contributed by atoms with Gasteiger partial charge >= 0.3 is 0 Å². The second-order valence-corrected chi connectivity index (χ2v) is 7.19. The van der Waals surface area contributed by atoms with E-state index in [0.29, 0.717) is 13.2 Å². The van der Waals surface area contributed by atoms with Gasteiger partial charge < -0.3 is 9.47 Å². The van der Waals surface area contributed by atoms with Gasteiger partial charge in [-0.15, -0.1) is 0 Å². The van der Waals surface area contributed by atoms with Crippen LogP contribution in [-0.2, 0) is 13.2 Å². The average molecular weight is 391 g/mol. The first-order chi connectivity index (χ1) is 14.9. The molecule has 146 valence electrons. The van der Waals surface area contributed by atoms with Gasteiger partial charge in [0.05, 0.1) is 0 Å². The second kappa shape index (κ2) is 8.26. The first-order valence-electron chi connectivity index (χ1n) is 10.0.